The van der Waals surface area contributed by atoms with E-state index in [4.69, 9.17) is 18.9 Å². The van der Waals surface area contributed by atoms with E-state index in [1.807, 2.05) is 119 Å². The highest BCUT2D eigenvalue weighted by molar-refractivity contribution is 5.98. The van der Waals surface area contributed by atoms with Crippen LogP contribution in [0.25, 0.3) is 0 Å². The number of aliphatic carboxylic acids is 1. The van der Waals surface area contributed by atoms with Gasteiger partial charge >= 0.3 is 11.9 Å². The number of carboxylic acid groups (broad SMARTS) is 1. The number of benzene rings is 4. The molecule has 0 aromatic heterocycles. The second-order valence-corrected chi connectivity index (χ2v) is 26.6. The van der Waals surface area contributed by atoms with Gasteiger partial charge in [-0.05, 0) is 99.1 Å². The smallest absolute Gasteiger partial charge is 0.335 e. The first-order valence-electron chi connectivity index (χ1n) is 33.0. The average Bonchev–Trinajstić information content (AvgIpc) is 1.02. The third kappa shape index (κ3) is 20.9. The molecule has 12 atom stereocenters. The maximum absolute atomic E-state index is 15.3. The van der Waals surface area contributed by atoms with Crippen LogP contribution in [0.4, 0.5) is 0 Å². The number of hydrogen-bond donors (Lipinski definition) is 8. The molecule has 0 radical (unpaired) electrons. The second kappa shape index (κ2) is 34.6. The molecular formula is C72H98N8O15. The molecule has 2 aliphatic heterocycles. The van der Waals surface area contributed by atoms with E-state index >= 15 is 19.2 Å². The summed E-state index contributed by atoms with van der Waals surface area (Å²) in [5, 5.41) is 29.6. The molecule has 8 amide bonds. The number of carbonyl (C=O) groups excluding carboxylic acids is 9. The lowest BCUT2D eigenvalue weighted by atomic mass is 9.77. The number of nitrogens with one attached hydrogen (secondary N) is 7. The third-order valence-corrected chi connectivity index (χ3v) is 17.2. The van der Waals surface area contributed by atoms with E-state index in [0.29, 0.717) is 24.2 Å². The van der Waals surface area contributed by atoms with Crippen molar-refractivity contribution in [3.63, 3.8) is 0 Å². The molecule has 0 aliphatic carbocycles. The largest absolute Gasteiger partial charge is 0.488 e. The van der Waals surface area contributed by atoms with E-state index in [1.165, 1.54) is 18.9 Å². The Balaban J connectivity index is 1.43. The topological polar surface area (TPSA) is 315 Å². The molecule has 1 unspecified atom stereocenters. The van der Waals surface area contributed by atoms with E-state index in [1.54, 1.807) is 72.7 Å². The Hall–Kier alpha value is -8.70. The predicted octanol–water partition coefficient (Wildman–Crippen LogP) is 6.38. The summed E-state index contributed by atoms with van der Waals surface area (Å²) >= 11 is 0. The average molecular weight is 1320 g/mol. The Labute approximate surface area is 558 Å². The predicted molar refractivity (Wildman–Crippen MR) is 355 cm³/mol. The minimum atomic E-state index is -1.85. The quantitative estimate of drug-likeness (QED) is 0.0279. The number of carboxylic acids is 1. The zero-order valence-electron chi connectivity index (χ0n) is 57.0. The van der Waals surface area contributed by atoms with Gasteiger partial charge in [-0.2, -0.15) is 0 Å². The highest BCUT2D eigenvalue weighted by Crippen LogP contribution is 2.37. The van der Waals surface area contributed by atoms with Gasteiger partial charge < -0.3 is 66.2 Å². The first kappa shape index (κ1) is 75.3. The molecule has 2 heterocycles. The van der Waals surface area contributed by atoms with Crippen molar-refractivity contribution in [2.75, 3.05) is 13.7 Å². The van der Waals surface area contributed by atoms with Gasteiger partial charge in [-0.3, -0.25) is 38.4 Å². The summed E-state index contributed by atoms with van der Waals surface area (Å²) in [6, 6.07) is 24.7. The van der Waals surface area contributed by atoms with Gasteiger partial charge in [0.25, 0.3) is 0 Å². The van der Waals surface area contributed by atoms with E-state index < -0.39 is 149 Å². The van der Waals surface area contributed by atoms with Crippen LogP contribution in [0.3, 0.4) is 0 Å². The SMILES string of the molecule is CC[C@H](C)[C@@H]1NC(=O)[C@H](Cc2ccc(OC(C)(C)C)cc2)N(C)C(=O)[C@H]([C@@H](C)CC)NC(=O)[C@H](CCC2OC[C@@H](C(=O)O)O2)NC(=O)[C@H](CC(C)C)NC(=O)[C@@H](NC(=O)[C@H](CCC(=O)NC(c2ccccc2)(c2ccccc2)c2ccccc2)NC(=O)C(C)C)[C@@H](C)OC1=O. The number of likely N-dealkylation sites (N-methyl/N-ethyl adjacent to an activating group) is 1. The molecule has 95 heavy (non-hydrogen) atoms. The van der Waals surface area contributed by atoms with E-state index in [0.717, 1.165) is 16.7 Å². The molecule has 2 fully saturated rings. The molecule has 516 valence electrons. The van der Waals surface area contributed by atoms with Crippen LogP contribution in [-0.4, -0.2) is 149 Å². The first-order chi connectivity index (χ1) is 45.0. The van der Waals surface area contributed by atoms with Crippen LogP contribution in [-0.2, 0) is 74.1 Å². The van der Waals surface area contributed by atoms with Crippen LogP contribution < -0.4 is 42.0 Å². The van der Waals surface area contributed by atoms with Crippen molar-refractivity contribution < 1.29 is 72.0 Å². The second-order valence-electron chi connectivity index (χ2n) is 26.6. The molecule has 23 heteroatoms. The van der Waals surface area contributed by atoms with E-state index in [-0.39, 0.29) is 51.0 Å². The monoisotopic (exact) mass is 1310 g/mol. The summed E-state index contributed by atoms with van der Waals surface area (Å²) in [6.07, 6.45) is -4.50. The molecule has 2 saturated heterocycles. The normalized spacial score (nSPS) is 23.1. The molecule has 8 N–H and O–H groups in total. The van der Waals surface area contributed by atoms with E-state index in [2.05, 4.69) is 37.2 Å². The number of carbonyl (C=O) groups is 10. The molecule has 0 bridgehead atoms. The Morgan fingerprint density at radius 1 is 0.674 bits per heavy atom. The number of nitrogens with zero attached hydrogens (tertiary/aromatic N) is 1. The number of ether oxygens (including phenoxy) is 4. The van der Waals surface area contributed by atoms with Gasteiger partial charge in [-0.25, -0.2) is 9.59 Å². The van der Waals surface area contributed by atoms with Crippen LogP contribution in [0, 0.1) is 23.7 Å². The summed E-state index contributed by atoms with van der Waals surface area (Å²) in [7, 11) is 1.41. The van der Waals surface area contributed by atoms with E-state index in [9.17, 15) is 33.9 Å². The van der Waals surface area contributed by atoms with Crippen molar-refractivity contribution in [2.45, 2.75) is 206 Å². The van der Waals surface area contributed by atoms with Crippen LogP contribution >= 0.6 is 0 Å². The fourth-order valence-corrected chi connectivity index (χ4v) is 11.4. The molecule has 0 spiro atoms. The van der Waals surface area contributed by atoms with Crippen LogP contribution in [0.5, 0.6) is 5.75 Å². The summed E-state index contributed by atoms with van der Waals surface area (Å²) in [5.41, 5.74) is 1.02. The lowest BCUT2D eigenvalue weighted by Crippen LogP contribution is -2.62. The highest BCUT2D eigenvalue weighted by Gasteiger charge is 2.43. The lowest BCUT2D eigenvalue weighted by Gasteiger charge is -2.37. The van der Waals surface area contributed by atoms with Gasteiger partial charge in [0.2, 0.25) is 47.3 Å². The van der Waals surface area contributed by atoms with Gasteiger partial charge in [0, 0.05) is 32.2 Å². The summed E-state index contributed by atoms with van der Waals surface area (Å²) in [4.78, 5) is 147. The van der Waals surface area contributed by atoms with Crippen molar-refractivity contribution >= 4 is 59.2 Å². The van der Waals surface area contributed by atoms with Gasteiger partial charge in [0.15, 0.2) is 12.4 Å². The minimum absolute atomic E-state index is 0.0525. The van der Waals surface area contributed by atoms with Crippen molar-refractivity contribution in [2.24, 2.45) is 23.7 Å². The van der Waals surface area contributed by atoms with Crippen molar-refractivity contribution in [3.8, 4) is 5.75 Å². The van der Waals surface area contributed by atoms with Crippen molar-refractivity contribution in [1.82, 2.24) is 42.1 Å². The fraction of sp³-hybridized carbons (Fsp3) is 0.528. The Kier molecular flexibility index (Phi) is 27.5. The minimum Gasteiger partial charge on any atom is -0.488 e. The number of esters is 1. The Morgan fingerprint density at radius 3 is 1.71 bits per heavy atom. The molecular weight excluding hydrogens is 1220 g/mol. The Bertz CT molecular complexity index is 3160. The Morgan fingerprint density at radius 2 is 1.20 bits per heavy atom. The zero-order valence-corrected chi connectivity index (χ0v) is 57.0. The number of cyclic esters (lactones) is 1. The summed E-state index contributed by atoms with van der Waals surface area (Å²) in [6.45, 7) is 20.6. The first-order valence-corrected chi connectivity index (χ1v) is 33.0. The van der Waals surface area contributed by atoms with Crippen LogP contribution in [0.15, 0.2) is 115 Å². The summed E-state index contributed by atoms with van der Waals surface area (Å²) in [5.74, 6) is -10.2. The summed E-state index contributed by atoms with van der Waals surface area (Å²) < 4.78 is 23.4. The zero-order chi connectivity index (χ0) is 69.9. The lowest BCUT2D eigenvalue weighted by molar-refractivity contribution is -0.158. The molecule has 4 aromatic carbocycles. The van der Waals surface area contributed by atoms with Gasteiger partial charge in [-0.15, -0.1) is 0 Å². The standard InChI is InChI=1S/C72H98N8O15/c1-14-44(7)59-68(88)80(13)55(40-47-31-33-51(34-32-47)95-71(10,11)12)66(86)77-60(45(8)15-2)70(91)93-46(9)61(67(87)75-54(39-42(3)4)65(85)74-53(63(83)76-59)36-38-58-92-41-56(94-58)69(89)90)78-64(84)52(73-62(82)43(5)6)35-37-57(81)79-72(48-25-19-16-20-26-48,49-27-21-17-22-28-49)50-29-23-18-24-30-50/h16-34,42-46,52-56,58-61H,14-15,35-41H2,1-13H3,(H,73,82)(H,74,85)(H,75,87)(H,76,83)(H,77,86)(H,78,84)(H,79,81)(H,89,90)/t44-,45-,46+,52-,53-,54-,55-,56-,58?,59-,60-,61-/m0/s1. The number of hydrogen-bond acceptors (Lipinski definition) is 14. The molecule has 4 aromatic rings. The van der Waals surface area contributed by atoms with Gasteiger partial charge in [0.1, 0.15) is 65.3 Å². The maximum Gasteiger partial charge on any atom is 0.335 e. The van der Waals surface area contributed by atoms with Crippen molar-refractivity contribution in [1.29, 1.82) is 0 Å². The molecule has 0 saturated carbocycles. The number of amides is 8. The fourth-order valence-electron chi connectivity index (χ4n) is 11.4. The van der Waals surface area contributed by atoms with Gasteiger partial charge in [-0.1, -0.05) is 171 Å². The van der Waals surface area contributed by atoms with Crippen LogP contribution in [0.1, 0.15) is 150 Å². The van der Waals surface area contributed by atoms with Crippen LogP contribution in [0.2, 0.25) is 0 Å². The van der Waals surface area contributed by atoms with Gasteiger partial charge in [0.05, 0.1) is 6.61 Å². The maximum atomic E-state index is 15.3. The molecule has 23 nitrogen and oxygen atoms in total. The number of rotatable bonds is 24. The van der Waals surface area contributed by atoms with Crippen molar-refractivity contribution in [3.05, 3.63) is 138 Å². The highest BCUT2D eigenvalue weighted by atomic mass is 16.7. The third-order valence-electron chi connectivity index (χ3n) is 17.2. The molecule has 2 aliphatic rings. The molecule has 6 rings (SSSR count).